The Bertz CT molecular complexity index is 573. The van der Waals surface area contributed by atoms with Gasteiger partial charge in [0.1, 0.15) is 0 Å². The summed E-state index contributed by atoms with van der Waals surface area (Å²) < 4.78 is 0. The third-order valence-electron chi connectivity index (χ3n) is 3.82. The van der Waals surface area contributed by atoms with Crippen LogP contribution >= 0.6 is 0 Å². The summed E-state index contributed by atoms with van der Waals surface area (Å²) in [6.45, 7) is 3.01. The summed E-state index contributed by atoms with van der Waals surface area (Å²) in [5.41, 5.74) is 4.96. The molecule has 0 radical (unpaired) electrons. The molecule has 0 bridgehead atoms. The Balaban J connectivity index is 1.82. The molecule has 1 fully saturated rings. The minimum absolute atomic E-state index is 0.715. The lowest BCUT2D eigenvalue weighted by Gasteiger charge is -2.22. The number of aromatic nitrogens is 1. The number of pyridine rings is 1. The molecule has 2 aromatic rings. The maximum atomic E-state index is 4.27. The van der Waals surface area contributed by atoms with Crippen molar-refractivity contribution in [3.05, 3.63) is 53.9 Å². The highest BCUT2D eigenvalue weighted by molar-refractivity contribution is 5.65. The van der Waals surface area contributed by atoms with Crippen LogP contribution in [0.25, 0.3) is 0 Å². The molecule has 3 rings (SSSR count). The third kappa shape index (κ3) is 2.99. The van der Waals surface area contributed by atoms with E-state index in [-0.39, 0.29) is 0 Å². The average Bonchev–Trinajstić information content (AvgIpc) is 3.30. The molecular formula is C17H21N3. The summed E-state index contributed by atoms with van der Waals surface area (Å²) in [6, 6.07) is 11.4. The Kier molecular flexibility index (Phi) is 3.70. The van der Waals surface area contributed by atoms with Gasteiger partial charge in [-0.05, 0) is 38.0 Å². The van der Waals surface area contributed by atoms with Crippen molar-refractivity contribution in [2.75, 3.05) is 11.9 Å². The normalized spacial score (nSPS) is 14.3. The van der Waals surface area contributed by atoms with Crippen molar-refractivity contribution in [1.82, 2.24) is 10.3 Å². The number of nitrogens with zero attached hydrogens (tertiary/aromatic N) is 2. The van der Waals surface area contributed by atoms with Gasteiger partial charge in [0, 0.05) is 49.0 Å². The van der Waals surface area contributed by atoms with Crippen molar-refractivity contribution in [3.8, 4) is 0 Å². The van der Waals surface area contributed by atoms with Gasteiger partial charge in [0.25, 0.3) is 0 Å². The van der Waals surface area contributed by atoms with Crippen molar-refractivity contribution < 1.29 is 0 Å². The van der Waals surface area contributed by atoms with Gasteiger partial charge in [-0.3, -0.25) is 4.98 Å². The molecular weight excluding hydrogens is 246 g/mol. The molecule has 0 spiro atoms. The fourth-order valence-corrected chi connectivity index (χ4v) is 2.33. The van der Waals surface area contributed by atoms with Gasteiger partial charge in [0.2, 0.25) is 0 Å². The van der Waals surface area contributed by atoms with E-state index in [1.807, 2.05) is 12.4 Å². The van der Waals surface area contributed by atoms with Gasteiger partial charge < -0.3 is 10.2 Å². The minimum Gasteiger partial charge on any atom is -0.344 e. The molecule has 20 heavy (non-hydrogen) atoms. The highest BCUT2D eigenvalue weighted by Gasteiger charge is 2.20. The van der Waals surface area contributed by atoms with Gasteiger partial charge in [-0.15, -0.1) is 0 Å². The van der Waals surface area contributed by atoms with Crippen LogP contribution in [0.4, 0.5) is 11.4 Å². The van der Waals surface area contributed by atoms with Crippen LogP contribution in [0.5, 0.6) is 0 Å². The number of hydrogen-bond donors (Lipinski definition) is 1. The Labute approximate surface area is 120 Å². The molecule has 3 nitrogen and oxygen atoms in total. The van der Waals surface area contributed by atoms with Crippen LogP contribution in [0.15, 0.2) is 42.7 Å². The first-order valence-electron chi connectivity index (χ1n) is 7.21. The second-order valence-corrected chi connectivity index (χ2v) is 5.55. The van der Waals surface area contributed by atoms with Crippen LogP contribution in [0.2, 0.25) is 0 Å². The Morgan fingerprint density at radius 1 is 1.20 bits per heavy atom. The largest absolute Gasteiger partial charge is 0.344 e. The first-order valence-corrected chi connectivity index (χ1v) is 7.21. The molecule has 1 saturated carbocycles. The van der Waals surface area contributed by atoms with Crippen molar-refractivity contribution in [2.45, 2.75) is 32.4 Å². The van der Waals surface area contributed by atoms with Crippen molar-refractivity contribution in [1.29, 1.82) is 0 Å². The van der Waals surface area contributed by atoms with E-state index in [1.165, 1.54) is 35.3 Å². The standard InChI is InChI=1S/C17H21N3/c1-13-3-7-16(8-4-13)20(2)17-9-10-18-11-14(17)12-19-15-5-6-15/h3-4,7-11,15,19H,5-6,12H2,1-2H3. The molecule has 0 saturated heterocycles. The molecule has 104 valence electrons. The zero-order valence-electron chi connectivity index (χ0n) is 12.1. The third-order valence-corrected chi connectivity index (χ3v) is 3.82. The van der Waals surface area contributed by atoms with Crippen LogP contribution in [0.3, 0.4) is 0 Å². The zero-order valence-corrected chi connectivity index (χ0v) is 12.1. The molecule has 1 N–H and O–H groups in total. The maximum Gasteiger partial charge on any atom is 0.0484 e. The number of rotatable bonds is 5. The predicted molar refractivity (Wildman–Crippen MR) is 83.3 cm³/mol. The van der Waals surface area contributed by atoms with Gasteiger partial charge in [0.15, 0.2) is 0 Å². The highest BCUT2D eigenvalue weighted by atomic mass is 15.1. The Morgan fingerprint density at radius 3 is 2.65 bits per heavy atom. The van der Waals surface area contributed by atoms with E-state index in [1.54, 1.807) is 0 Å². The fourth-order valence-electron chi connectivity index (χ4n) is 2.33. The monoisotopic (exact) mass is 267 g/mol. The molecule has 1 heterocycles. The molecule has 3 heteroatoms. The molecule has 1 aromatic heterocycles. The maximum absolute atomic E-state index is 4.27. The molecule has 1 aliphatic carbocycles. The number of hydrogen-bond acceptors (Lipinski definition) is 3. The lowest BCUT2D eigenvalue weighted by atomic mass is 10.1. The molecule has 0 unspecified atom stereocenters. The fraction of sp³-hybridized carbons (Fsp3) is 0.353. The summed E-state index contributed by atoms with van der Waals surface area (Å²) in [5, 5.41) is 3.56. The smallest absolute Gasteiger partial charge is 0.0484 e. The van der Waals surface area contributed by atoms with Crippen LogP contribution in [0, 0.1) is 6.92 Å². The summed E-state index contributed by atoms with van der Waals surface area (Å²) in [7, 11) is 2.11. The van der Waals surface area contributed by atoms with Crippen molar-refractivity contribution in [2.24, 2.45) is 0 Å². The topological polar surface area (TPSA) is 28.2 Å². The van der Waals surface area contributed by atoms with Crippen molar-refractivity contribution >= 4 is 11.4 Å². The van der Waals surface area contributed by atoms with E-state index < -0.39 is 0 Å². The lowest BCUT2D eigenvalue weighted by Crippen LogP contribution is -2.19. The Morgan fingerprint density at radius 2 is 1.95 bits per heavy atom. The van der Waals surface area contributed by atoms with Gasteiger partial charge in [-0.1, -0.05) is 17.7 Å². The average molecular weight is 267 g/mol. The highest BCUT2D eigenvalue weighted by Crippen LogP contribution is 2.27. The molecule has 0 aliphatic heterocycles. The Hall–Kier alpha value is -1.87. The van der Waals surface area contributed by atoms with Gasteiger partial charge in [0.05, 0.1) is 0 Å². The second kappa shape index (κ2) is 5.63. The molecule has 1 aliphatic rings. The van der Waals surface area contributed by atoms with Crippen molar-refractivity contribution in [3.63, 3.8) is 0 Å². The number of benzene rings is 1. The van der Waals surface area contributed by atoms with Crippen LogP contribution in [0.1, 0.15) is 24.0 Å². The van der Waals surface area contributed by atoms with Gasteiger partial charge >= 0.3 is 0 Å². The SMILES string of the molecule is Cc1ccc(N(C)c2ccncc2CNC2CC2)cc1. The van der Waals surface area contributed by atoms with E-state index in [0.717, 1.165) is 6.54 Å². The summed E-state index contributed by atoms with van der Waals surface area (Å²) in [5.74, 6) is 0. The van der Waals surface area contributed by atoms with Crippen LogP contribution in [-0.2, 0) is 6.54 Å². The van der Waals surface area contributed by atoms with Gasteiger partial charge in [-0.25, -0.2) is 0 Å². The summed E-state index contributed by atoms with van der Waals surface area (Å²) >= 11 is 0. The molecule has 1 aromatic carbocycles. The summed E-state index contributed by atoms with van der Waals surface area (Å²) in [6.07, 6.45) is 6.45. The molecule has 0 atom stereocenters. The van der Waals surface area contributed by atoms with E-state index in [0.29, 0.717) is 6.04 Å². The molecule has 0 amide bonds. The van der Waals surface area contributed by atoms with Crippen LogP contribution < -0.4 is 10.2 Å². The zero-order chi connectivity index (χ0) is 13.9. The van der Waals surface area contributed by atoms with E-state index in [2.05, 4.69) is 59.5 Å². The number of aryl methyl sites for hydroxylation is 1. The number of nitrogens with one attached hydrogen (secondary N) is 1. The second-order valence-electron chi connectivity index (χ2n) is 5.55. The quantitative estimate of drug-likeness (QED) is 0.900. The minimum atomic E-state index is 0.715. The first kappa shape index (κ1) is 13.1. The van der Waals surface area contributed by atoms with Gasteiger partial charge in [-0.2, -0.15) is 0 Å². The number of anilines is 2. The predicted octanol–water partition coefficient (Wildman–Crippen LogP) is 3.41. The van der Waals surface area contributed by atoms with E-state index in [9.17, 15) is 0 Å². The van der Waals surface area contributed by atoms with E-state index >= 15 is 0 Å². The first-order chi connectivity index (χ1) is 9.74. The summed E-state index contributed by atoms with van der Waals surface area (Å²) in [4.78, 5) is 6.49. The lowest BCUT2D eigenvalue weighted by molar-refractivity contribution is 0.685. The van der Waals surface area contributed by atoms with E-state index in [4.69, 9.17) is 0 Å². The van der Waals surface area contributed by atoms with Crippen LogP contribution in [-0.4, -0.2) is 18.1 Å².